The minimum atomic E-state index is -1.10. The first-order valence-corrected chi connectivity index (χ1v) is 8.13. The van der Waals surface area contributed by atoms with Crippen LogP contribution in [-0.4, -0.2) is 22.6 Å². The van der Waals surface area contributed by atoms with Crippen molar-refractivity contribution >= 4 is 40.2 Å². The largest absolute Gasteiger partial charge is 0.505 e. The number of rotatable bonds is 5. The SMILES string of the molecule is Cc1ccc(N=Nc2c(C)cc3cc(NC=O)ccc3c2O)c(C(=O)O)c1. The lowest BCUT2D eigenvalue weighted by Crippen LogP contribution is -1.96. The zero-order chi connectivity index (χ0) is 19.6. The lowest BCUT2D eigenvalue weighted by Gasteiger charge is -2.09. The van der Waals surface area contributed by atoms with Crippen LogP contribution in [0.5, 0.6) is 5.75 Å². The van der Waals surface area contributed by atoms with E-state index in [9.17, 15) is 19.8 Å². The van der Waals surface area contributed by atoms with Crippen molar-refractivity contribution in [1.82, 2.24) is 0 Å². The molecule has 1 amide bonds. The number of carboxylic acid groups (broad SMARTS) is 1. The van der Waals surface area contributed by atoms with E-state index >= 15 is 0 Å². The summed E-state index contributed by atoms with van der Waals surface area (Å²) in [6.45, 7) is 3.56. The first-order valence-electron chi connectivity index (χ1n) is 8.13. The number of hydrogen-bond acceptors (Lipinski definition) is 5. The summed E-state index contributed by atoms with van der Waals surface area (Å²) in [7, 11) is 0. The van der Waals surface area contributed by atoms with Crippen LogP contribution in [-0.2, 0) is 4.79 Å². The first-order chi connectivity index (χ1) is 12.9. The van der Waals surface area contributed by atoms with E-state index in [2.05, 4.69) is 15.5 Å². The van der Waals surface area contributed by atoms with Gasteiger partial charge in [-0.15, -0.1) is 10.2 Å². The van der Waals surface area contributed by atoms with Crippen LogP contribution in [0.1, 0.15) is 21.5 Å². The fraction of sp³-hybridized carbons (Fsp3) is 0.100. The molecule has 136 valence electrons. The van der Waals surface area contributed by atoms with Crippen molar-refractivity contribution in [3.8, 4) is 5.75 Å². The third-order valence-electron chi connectivity index (χ3n) is 4.14. The molecular formula is C20H17N3O4. The van der Waals surface area contributed by atoms with Gasteiger partial charge in [0.25, 0.3) is 0 Å². The summed E-state index contributed by atoms with van der Waals surface area (Å²) >= 11 is 0. The summed E-state index contributed by atoms with van der Waals surface area (Å²) in [6.07, 6.45) is 0.581. The highest BCUT2D eigenvalue weighted by Gasteiger charge is 2.13. The molecule has 0 saturated carbocycles. The molecular weight excluding hydrogens is 346 g/mol. The molecule has 0 aliphatic heterocycles. The summed E-state index contributed by atoms with van der Waals surface area (Å²) in [4.78, 5) is 22.0. The number of aromatic carboxylic acids is 1. The first kappa shape index (κ1) is 18.1. The molecule has 7 heteroatoms. The van der Waals surface area contributed by atoms with Crippen molar-refractivity contribution in [1.29, 1.82) is 0 Å². The minimum Gasteiger partial charge on any atom is -0.505 e. The second-order valence-corrected chi connectivity index (χ2v) is 6.11. The van der Waals surface area contributed by atoms with E-state index in [0.717, 1.165) is 10.9 Å². The van der Waals surface area contributed by atoms with Gasteiger partial charge < -0.3 is 15.5 Å². The number of aryl methyl sites for hydroxylation is 2. The Hall–Kier alpha value is -3.74. The Bertz CT molecular complexity index is 1090. The highest BCUT2D eigenvalue weighted by molar-refractivity contribution is 5.96. The van der Waals surface area contributed by atoms with E-state index in [4.69, 9.17) is 0 Å². The molecule has 0 aromatic heterocycles. The number of hydrogen-bond donors (Lipinski definition) is 3. The second-order valence-electron chi connectivity index (χ2n) is 6.11. The molecule has 7 nitrogen and oxygen atoms in total. The van der Waals surface area contributed by atoms with E-state index in [1.807, 2.05) is 6.07 Å². The predicted octanol–water partition coefficient (Wildman–Crippen LogP) is 4.84. The summed E-state index contributed by atoms with van der Waals surface area (Å²) in [6, 6.07) is 11.7. The normalized spacial score (nSPS) is 11.0. The zero-order valence-electron chi connectivity index (χ0n) is 14.7. The van der Waals surface area contributed by atoms with Crippen LogP contribution in [0.25, 0.3) is 10.8 Å². The van der Waals surface area contributed by atoms with Crippen molar-refractivity contribution in [2.24, 2.45) is 10.2 Å². The van der Waals surface area contributed by atoms with Gasteiger partial charge in [0.2, 0.25) is 6.41 Å². The number of phenolic OH excluding ortho intramolecular Hbond substituents is 1. The number of benzene rings is 3. The van der Waals surface area contributed by atoms with Crippen LogP contribution in [0, 0.1) is 13.8 Å². The molecule has 0 radical (unpaired) electrons. The van der Waals surface area contributed by atoms with Gasteiger partial charge in [0, 0.05) is 11.1 Å². The molecule has 0 aliphatic rings. The van der Waals surface area contributed by atoms with Gasteiger partial charge >= 0.3 is 5.97 Å². The molecule has 0 bridgehead atoms. The van der Waals surface area contributed by atoms with Gasteiger partial charge in [-0.3, -0.25) is 4.79 Å². The number of azo groups is 1. The third-order valence-corrected chi connectivity index (χ3v) is 4.14. The van der Waals surface area contributed by atoms with Crippen LogP contribution < -0.4 is 5.32 Å². The Labute approximate surface area is 155 Å². The minimum absolute atomic E-state index is 0.0428. The predicted molar refractivity (Wildman–Crippen MR) is 102 cm³/mol. The highest BCUT2D eigenvalue weighted by atomic mass is 16.4. The van der Waals surface area contributed by atoms with Crippen molar-refractivity contribution in [2.45, 2.75) is 13.8 Å². The maximum atomic E-state index is 11.4. The number of anilines is 1. The Balaban J connectivity index is 2.07. The van der Waals surface area contributed by atoms with Crippen LogP contribution in [0.2, 0.25) is 0 Å². The number of amides is 1. The smallest absolute Gasteiger partial charge is 0.337 e. The number of nitrogens with zero attached hydrogens (tertiary/aromatic N) is 2. The van der Waals surface area contributed by atoms with Crippen LogP contribution in [0.4, 0.5) is 17.1 Å². The van der Waals surface area contributed by atoms with E-state index in [1.165, 1.54) is 6.07 Å². The molecule has 27 heavy (non-hydrogen) atoms. The zero-order valence-corrected chi connectivity index (χ0v) is 14.7. The van der Waals surface area contributed by atoms with Crippen LogP contribution in [0.3, 0.4) is 0 Å². The molecule has 0 aliphatic carbocycles. The summed E-state index contributed by atoms with van der Waals surface area (Å²) in [5, 5.41) is 31.9. The fourth-order valence-corrected chi connectivity index (χ4v) is 2.81. The van der Waals surface area contributed by atoms with Gasteiger partial charge in [-0.05, 0) is 61.2 Å². The molecule has 3 aromatic rings. The Morgan fingerprint density at radius 3 is 2.56 bits per heavy atom. The average Bonchev–Trinajstić information content (AvgIpc) is 2.62. The highest BCUT2D eigenvalue weighted by Crippen LogP contribution is 2.39. The van der Waals surface area contributed by atoms with Gasteiger partial charge in [-0.1, -0.05) is 11.6 Å². The van der Waals surface area contributed by atoms with Gasteiger partial charge in [0.1, 0.15) is 11.4 Å². The van der Waals surface area contributed by atoms with E-state index in [-0.39, 0.29) is 22.7 Å². The molecule has 0 fully saturated rings. The van der Waals surface area contributed by atoms with Gasteiger partial charge in [-0.2, -0.15) is 0 Å². The van der Waals surface area contributed by atoms with Gasteiger partial charge in [0.15, 0.2) is 5.75 Å². The van der Waals surface area contributed by atoms with Crippen LogP contribution in [0.15, 0.2) is 52.7 Å². The number of carbonyl (C=O) groups excluding carboxylic acids is 1. The van der Waals surface area contributed by atoms with Crippen molar-refractivity contribution in [3.63, 3.8) is 0 Å². The van der Waals surface area contributed by atoms with E-state index in [0.29, 0.717) is 23.0 Å². The number of fused-ring (bicyclic) bond motifs is 1. The van der Waals surface area contributed by atoms with Crippen molar-refractivity contribution < 1.29 is 19.8 Å². The quantitative estimate of drug-likeness (QED) is 0.444. The lowest BCUT2D eigenvalue weighted by atomic mass is 10.0. The number of nitrogens with one attached hydrogen (secondary N) is 1. The number of carbonyl (C=O) groups is 2. The molecule has 3 rings (SSSR count). The van der Waals surface area contributed by atoms with Gasteiger partial charge in [-0.25, -0.2) is 4.79 Å². The molecule has 0 unspecified atom stereocenters. The Morgan fingerprint density at radius 2 is 1.85 bits per heavy atom. The van der Waals surface area contributed by atoms with E-state index < -0.39 is 5.97 Å². The molecule has 3 aromatic carbocycles. The lowest BCUT2D eigenvalue weighted by molar-refractivity contribution is -0.105. The average molecular weight is 363 g/mol. The standard InChI is InChI=1S/C20H17N3O4/c1-11-3-6-17(16(7-11)20(26)27)22-23-18-12(2)8-13-9-14(21-10-24)4-5-15(13)19(18)25/h3-10,25H,1-2H3,(H,21,24)(H,26,27). The molecule has 0 spiro atoms. The second kappa shape index (κ2) is 7.25. The monoisotopic (exact) mass is 363 g/mol. The summed E-state index contributed by atoms with van der Waals surface area (Å²) in [5.41, 5.74) is 2.58. The fourth-order valence-electron chi connectivity index (χ4n) is 2.81. The van der Waals surface area contributed by atoms with Gasteiger partial charge in [0.05, 0.1) is 5.56 Å². The molecule has 0 saturated heterocycles. The van der Waals surface area contributed by atoms with Crippen molar-refractivity contribution in [3.05, 3.63) is 59.2 Å². The van der Waals surface area contributed by atoms with E-state index in [1.54, 1.807) is 44.2 Å². The number of carboxylic acids is 1. The number of phenols is 1. The Kier molecular flexibility index (Phi) is 4.85. The molecule has 0 heterocycles. The molecule has 3 N–H and O–H groups in total. The maximum absolute atomic E-state index is 11.4. The third kappa shape index (κ3) is 3.62. The Morgan fingerprint density at radius 1 is 1.07 bits per heavy atom. The molecule has 0 atom stereocenters. The maximum Gasteiger partial charge on any atom is 0.337 e. The number of aromatic hydroxyl groups is 1. The van der Waals surface area contributed by atoms with Crippen LogP contribution >= 0.6 is 0 Å². The topological polar surface area (TPSA) is 111 Å². The van der Waals surface area contributed by atoms with Crippen molar-refractivity contribution in [2.75, 3.05) is 5.32 Å². The summed E-state index contributed by atoms with van der Waals surface area (Å²) in [5.74, 6) is -1.15. The summed E-state index contributed by atoms with van der Waals surface area (Å²) < 4.78 is 0.